The fraction of sp³-hybridized carbons (Fsp3) is 0.778. The topological polar surface area (TPSA) is 87.7 Å². The van der Waals surface area contributed by atoms with Crippen LogP contribution in [0.15, 0.2) is 4.99 Å². The largest absolute Gasteiger partial charge is 0.480 e. The number of thiol groups is 1. The number of hydrogen-bond donors (Lipinski definition) is 4. The molecule has 0 saturated heterocycles. The molecule has 0 saturated carbocycles. The van der Waals surface area contributed by atoms with E-state index in [0.29, 0.717) is 31.7 Å². The van der Waals surface area contributed by atoms with E-state index in [9.17, 15) is 9.18 Å². The number of aliphatic carboxylic acids is 1. The van der Waals surface area contributed by atoms with Crippen molar-refractivity contribution < 1.29 is 14.3 Å². The van der Waals surface area contributed by atoms with Gasteiger partial charge in [0, 0.05) is 6.54 Å². The fourth-order valence-corrected chi connectivity index (χ4v) is 1.32. The minimum Gasteiger partial charge on any atom is -0.480 e. The van der Waals surface area contributed by atoms with Crippen LogP contribution in [0.2, 0.25) is 0 Å². The third-order valence-electron chi connectivity index (χ3n) is 1.89. The molecule has 7 heteroatoms. The summed E-state index contributed by atoms with van der Waals surface area (Å²) in [6.07, 6.45) is 1.09. The van der Waals surface area contributed by atoms with E-state index in [4.69, 9.17) is 10.8 Å². The smallest absolute Gasteiger partial charge is 0.320 e. The number of alkyl halides is 1. The summed E-state index contributed by atoms with van der Waals surface area (Å²) in [6, 6.07) is -0.583. The van der Waals surface area contributed by atoms with Crippen LogP contribution in [0.4, 0.5) is 4.39 Å². The molecule has 94 valence electrons. The molecular weight excluding hydrogens is 233 g/mol. The third kappa shape index (κ3) is 7.47. The quantitative estimate of drug-likeness (QED) is 0.202. The minimum atomic E-state index is -0.888. The van der Waals surface area contributed by atoms with Crippen LogP contribution in [-0.2, 0) is 4.79 Å². The zero-order valence-electron chi connectivity index (χ0n) is 9.03. The summed E-state index contributed by atoms with van der Waals surface area (Å²) in [7, 11) is 0. The van der Waals surface area contributed by atoms with Crippen LogP contribution in [0.1, 0.15) is 12.8 Å². The maximum Gasteiger partial charge on any atom is 0.320 e. The Morgan fingerprint density at radius 2 is 2.31 bits per heavy atom. The van der Waals surface area contributed by atoms with Crippen molar-refractivity contribution in [3.05, 3.63) is 0 Å². The molecule has 0 rings (SSSR count). The normalized spacial score (nSPS) is 13.8. The Balaban J connectivity index is 3.66. The molecule has 16 heavy (non-hydrogen) atoms. The number of aliphatic imine (C=N–C) groups is 1. The number of nitrogens with zero attached hydrogens (tertiary/aromatic N) is 1. The van der Waals surface area contributed by atoms with E-state index in [1.165, 1.54) is 0 Å². The van der Waals surface area contributed by atoms with Gasteiger partial charge < -0.3 is 16.2 Å². The van der Waals surface area contributed by atoms with E-state index in [1.54, 1.807) is 0 Å². The molecule has 0 aromatic heterocycles. The van der Waals surface area contributed by atoms with Crippen molar-refractivity contribution in [2.24, 2.45) is 10.7 Å². The maximum atomic E-state index is 11.9. The van der Waals surface area contributed by atoms with Gasteiger partial charge in [-0.25, -0.2) is 4.39 Å². The number of halogens is 1. The third-order valence-corrected chi connectivity index (χ3v) is 2.15. The van der Waals surface area contributed by atoms with Gasteiger partial charge in [-0.15, -0.1) is 0 Å². The average Bonchev–Trinajstić information content (AvgIpc) is 2.26. The van der Waals surface area contributed by atoms with E-state index in [-0.39, 0.29) is 5.84 Å². The van der Waals surface area contributed by atoms with Gasteiger partial charge >= 0.3 is 5.97 Å². The van der Waals surface area contributed by atoms with Crippen molar-refractivity contribution in [2.45, 2.75) is 18.9 Å². The molecular formula is C9H18FN3O2S. The Kier molecular flexibility index (Phi) is 8.93. The van der Waals surface area contributed by atoms with Crippen molar-refractivity contribution in [3.8, 4) is 0 Å². The second-order valence-electron chi connectivity index (χ2n) is 3.22. The lowest BCUT2D eigenvalue weighted by atomic mass is 10.2. The van der Waals surface area contributed by atoms with Crippen molar-refractivity contribution in [1.29, 1.82) is 0 Å². The molecule has 0 heterocycles. The van der Waals surface area contributed by atoms with E-state index in [2.05, 4.69) is 22.9 Å². The van der Waals surface area contributed by atoms with E-state index in [0.717, 1.165) is 0 Å². The molecule has 5 nitrogen and oxygen atoms in total. The fourth-order valence-electron chi connectivity index (χ4n) is 1.06. The summed E-state index contributed by atoms with van der Waals surface area (Å²) < 4.78 is 11.9. The van der Waals surface area contributed by atoms with E-state index < -0.39 is 18.7 Å². The van der Waals surface area contributed by atoms with Gasteiger partial charge in [0.05, 0.1) is 0 Å². The van der Waals surface area contributed by atoms with E-state index in [1.807, 2.05) is 0 Å². The molecule has 0 radical (unpaired) electrons. The highest BCUT2D eigenvalue weighted by molar-refractivity contribution is 7.80. The van der Waals surface area contributed by atoms with Gasteiger partial charge in [-0.2, -0.15) is 12.6 Å². The van der Waals surface area contributed by atoms with Crippen LogP contribution in [0, 0.1) is 0 Å². The summed E-state index contributed by atoms with van der Waals surface area (Å²) in [5.74, 6) is -0.400. The number of carboxylic acids is 1. The molecule has 0 aliphatic carbocycles. The van der Waals surface area contributed by atoms with Crippen LogP contribution in [-0.4, -0.2) is 48.5 Å². The first-order valence-corrected chi connectivity index (χ1v) is 5.66. The highest BCUT2D eigenvalue weighted by Crippen LogP contribution is 1.95. The molecule has 0 bridgehead atoms. The van der Waals surface area contributed by atoms with Gasteiger partial charge in [0.25, 0.3) is 0 Å². The van der Waals surface area contributed by atoms with Crippen molar-refractivity contribution in [1.82, 2.24) is 5.32 Å². The first-order chi connectivity index (χ1) is 7.61. The van der Waals surface area contributed by atoms with Crippen LogP contribution in [0.5, 0.6) is 0 Å². The number of carbonyl (C=O) groups is 1. The number of nitrogens with two attached hydrogens (primary N) is 1. The Hall–Kier alpha value is -0.820. The molecule has 0 aromatic rings. The zero-order chi connectivity index (χ0) is 12.4. The van der Waals surface area contributed by atoms with Crippen molar-refractivity contribution >= 4 is 24.4 Å². The number of hydrogen-bond acceptors (Lipinski definition) is 4. The molecule has 0 unspecified atom stereocenters. The highest BCUT2D eigenvalue weighted by atomic mass is 32.1. The molecule has 0 aliphatic heterocycles. The van der Waals surface area contributed by atoms with Gasteiger partial charge in [-0.1, -0.05) is 0 Å². The lowest BCUT2D eigenvalue weighted by Crippen LogP contribution is -2.37. The van der Waals surface area contributed by atoms with Crippen LogP contribution >= 0.6 is 12.6 Å². The van der Waals surface area contributed by atoms with E-state index >= 15 is 0 Å². The summed E-state index contributed by atoms with van der Waals surface area (Å²) in [5, 5.41) is 11.7. The number of nitrogens with one attached hydrogen (secondary N) is 1. The summed E-state index contributed by atoms with van der Waals surface area (Å²) >= 11 is 3.97. The molecule has 0 fully saturated rings. The average molecular weight is 251 g/mol. The minimum absolute atomic E-state index is 0.0230. The Labute approximate surface area is 99.7 Å². The monoisotopic (exact) mass is 251 g/mol. The van der Waals surface area contributed by atoms with Crippen LogP contribution < -0.4 is 11.1 Å². The summed E-state index contributed by atoms with van der Waals surface area (Å²) in [6.45, 7) is 0.161. The Morgan fingerprint density at radius 3 is 2.81 bits per heavy atom. The number of rotatable bonds is 9. The first kappa shape index (κ1) is 15.2. The molecule has 0 spiro atoms. The molecule has 1 atom stereocenters. The Bertz CT molecular complexity index is 239. The molecule has 4 N–H and O–H groups in total. The molecule has 0 aliphatic rings. The second-order valence-corrected chi connectivity index (χ2v) is 3.66. The maximum absolute atomic E-state index is 11.9. The lowest BCUT2D eigenvalue weighted by Gasteiger charge is -2.12. The highest BCUT2D eigenvalue weighted by Gasteiger charge is 2.14. The lowest BCUT2D eigenvalue weighted by molar-refractivity contribution is -0.139. The van der Waals surface area contributed by atoms with Crippen LogP contribution in [0.3, 0.4) is 0 Å². The van der Waals surface area contributed by atoms with Gasteiger partial charge in [-0.05, 0) is 25.1 Å². The van der Waals surface area contributed by atoms with Gasteiger partial charge in [0.2, 0.25) is 0 Å². The Morgan fingerprint density at radius 1 is 1.62 bits per heavy atom. The zero-order valence-corrected chi connectivity index (χ0v) is 9.92. The van der Waals surface area contributed by atoms with Crippen molar-refractivity contribution in [3.63, 3.8) is 0 Å². The molecule has 0 amide bonds. The van der Waals surface area contributed by atoms with Crippen LogP contribution in [0.25, 0.3) is 0 Å². The van der Waals surface area contributed by atoms with Gasteiger partial charge in [-0.3, -0.25) is 9.79 Å². The summed E-state index contributed by atoms with van der Waals surface area (Å²) in [5.41, 5.74) is 5.16. The predicted octanol–water partition coefficient (Wildman–Crippen LogP) is 0.0659. The van der Waals surface area contributed by atoms with Crippen molar-refractivity contribution in [2.75, 3.05) is 25.5 Å². The second kappa shape index (κ2) is 9.41. The first-order valence-electron chi connectivity index (χ1n) is 5.03. The SMILES string of the molecule is NC(CF)=NCCCN[C@H](CCS)C(=O)O. The predicted molar refractivity (Wildman–Crippen MR) is 65.0 cm³/mol. The standard InChI is InChI=1S/C9H18FN3O2S/c10-6-8(11)13-4-1-3-12-7(2-5-16)9(14)15/h7,12,16H,1-6H2,(H2,11,13)(H,14,15)/t7-/m1/s1. The van der Waals surface area contributed by atoms with Gasteiger partial charge in [0.1, 0.15) is 18.6 Å². The summed E-state index contributed by atoms with van der Waals surface area (Å²) in [4.78, 5) is 14.5. The molecule has 0 aromatic carbocycles. The number of carboxylic acid groups (broad SMARTS) is 1. The van der Waals surface area contributed by atoms with Gasteiger partial charge in [0.15, 0.2) is 0 Å². The number of amidine groups is 1.